The molecule has 1 aliphatic carbocycles. The van der Waals surface area contributed by atoms with Gasteiger partial charge in [-0.25, -0.2) is 0 Å². The smallest absolute Gasteiger partial charge is 0.311 e. The predicted molar refractivity (Wildman–Crippen MR) is 62.3 cm³/mol. The molecule has 92 valence electrons. The molecule has 3 N–H and O–H groups in total. The molecule has 1 rings (SSSR count). The predicted octanol–water partition coefficient (Wildman–Crippen LogP) is 0.852. The maximum Gasteiger partial charge on any atom is 0.311 e. The standard InChI is InChI=1S/C11H21N3O2/c1-3-16-10(15)8-6-4-5-7-9(8)14-11(12)13-2/h8-9H,3-7H2,1-2H3,(H3,12,13,14). The molecule has 2 unspecified atom stereocenters. The summed E-state index contributed by atoms with van der Waals surface area (Å²) in [5.74, 6) is 0.0206. The Bertz CT molecular complexity index is 256. The molecular weight excluding hydrogens is 206 g/mol. The second-order valence-corrected chi connectivity index (χ2v) is 4.02. The van der Waals surface area contributed by atoms with Crippen molar-refractivity contribution in [1.82, 2.24) is 10.6 Å². The number of hydrogen-bond acceptors (Lipinski definition) is 3. The van der Waals surface area contributed by atoms with Crippen LogP contribution in [0, 0.1) is 11.3 Å². The van der Waals surface area contributed by atoms with Crippen LogP contribution in [0.25, 0.3) is 0 Å². The highest BCUT2D eigenvalue weighted by molar-refractivity contribution is 5.78. The van der Waals surface area contributed by atoms with Crippen molar-refractivity contribution in [1.29, 1.82) is 5.41 Å². The van der Waals surface area contributed by atoms with Crippen LogP contribution in [0.5, 0.6) is 0 Å². The minimum absolute atomic E-state index is 0.0350. The second-order valence-electron chi connectivity index (χ2n) is 4.02. The minimum atomic E-state index is -0.136. The normalized spacial score (nSPS) is 24.6. The van der Waals surface area contributed by atoms with Crippen molar-refractivity contribution in [2.45, 2.75) is 38.6 Å². The number of guanidine groups is 1. The topological polar surface area (TPSA) is 74.2 Å². The molecule has 2 atom stereocenters. The molecule has 0 heterocycles. The van der Waals surface area contributed by atoms with E-state index in [4.69, 9.17) is 10.1 Å². The van der Waals surface area contributed by atoms with Gasteiger partial charge in [-0.3, -0.25) is 10.2 Å². The van der Waals surface area contributed by atoms with Crippen molar-refractivity contribution < 1.29 is 9.53 Å². The van der Waals surface area contributed by atoms with Gasteiger partial charge in [0.05, 0.1) is 12.5 Å². The lowest BCUT2D eigenvalue weighted by molar-refractivity contribution is -0.149. The average molecular weight is 227 g/mol. The van der Waals surface area contributed by atoms with Crippen molar-refractivity contribution in [3.63, 3.8) is 0 Å². The SMILES string of the molecule is CCOC(=O)C1CCCCC1NC(=N)NC. The summed E-state index contributed by atoms with van der Waals surface area (Å²) in [5.41, 5.74) is 0. The van der Waals surface area contributed by atoms with Gasteiger partial charge in [0.25, 0.3) is 0 Å². The van der Waals surface area contributed by atoms with E-state index in [1.54, 1.807) is 7.05 Å². The van der Waals surface area contributed by atoms with Gasteiger partial charge in [0.1, 0.15) is 0 Å². The molecule has 0 aromatic rings. The molecule has 0 aliphatic heterocycles. The van der Waals surface area contributed by atoms with E-state index >= 15 is 0 Å². The summed E-state index contributed by atoms with van der Waals surface area (Å²) >= 11 is 0. The van der Waals surface area contributed by atoms with E-state index < -0.39 is 0 Å². The highest BCUT2D eigenvalue weighted by atomic mass is 16.5. The van der Waals surface area contributed by atoms with Gasteiger partial charge in [0, 0.05) is 13.1 Å². The van der Waals surface area contributed by atoms with Crippen LogP contribution in [0.1, 0.15) is 32.6 Å². The molecule has 0 radical (unpaired) electrons. The number of esters is 1. The van der Waals surface area contributed by atoms with Crippen LogP contribution in [0.15, 0.2) is 0 Å². The fraction of sp³-hybridized carbons (Fsp3) is 0.818. The van der Waals surface area contributed by atoms with Crippen LogP contribution in [-0.4, -0.2) is 31.6 Å². The van der Waals surface area contributed by atoms with Crippen LogP contribution in [0.3, 0.4) is 0 Å². The maximum atomic E-state index is 11.7. The third-order valence-corrected chi connectivity index (χ3v) is 2.94. The molecular formula is C11H21N3O2. The zero-order valence-electron chi connectivity index (χ0n) is 10.0. The van der Waals surface area contributed by atoms with Gasteiger partial charge in [-0.2, -0.15) is 0 Å². The summed E-state index contributed by atoms with van der Waals surface area (Å²) < 4.78 is 5.06. The number of carbonyl (C=O) groups is 1. The van der Waals surface area contributed by atoms with Crippen LogP contribution in [-0.2, 0) is 9.53 Å². The first-order valence-electron chi connectivity index (χ1n) is 5.88. The molecule has 0 aromatic heterocycles. The van der Waals surface area contributed by atoms with E-state index in [1.165, 1.54) is 0 Å². The summed E-state index contributed by atoms with van der Waals surface area (Å²) in [7, 11) is 1.69. The fourth-order valence-electron chi connectivity index (χ4n) is 2.09. The number of rotatable bonds is 3. The van der Waals surface area contributed by atoms with Gasteiger partial charge in [-0.05, 0) is 19.8 Å². The summed E-state index contributed by atoms with van der Waals surface area (Å²) in [6.07, 6.45) is 3.94. The Morgan fingerprint density at radius 2 is 2.12 bits per heavy atom. The van der Waals surface area contributed by atoms with Gasteiger partial charge in [-0.1, -0.05) is 12.8 Å². The van der Waals surface area contributed by atoms with Crippen molar-refractivity contribution in [3.05, 3.63) is 0 Å². The average Bonchev–Trinajstić information content (AvgIpc) is 2.30. The van der Waals surface area contributed by atoms with Gasteiger partial charge >= 0.3 is 5.97 Å². The molecule has 0 aromatic carbocycles. The Balaban J connectivity index is 2.56. The number of hydrogen-bond donors (Lipinski definition) is 3. The molecule has 1 fully saturated rings. The first-order valence-corrected chi connectivity index (χ1v) is 5.88. The number of ether oxygens (including phenoxy) is 1. The molecule has 1 aliphatic rings. The lowest BCUT2D eigenvalue weighted by Crippen LogP contribution is -2.48. The minimum Gasteiger partial charge on any atom is -0.466 e. The van der Waals surface area contributed by atoms with E-state index in [1.807, 2.05) is 6.92 Å². The van der Waals surface area contributed by atoms with Crippen molar-refractivity contribution >= 4 is 11.9 Å². The first kappa shape index (κ1) is 12.8. The summed E-state index contributed by atoms with van der Waals surface area (Å²) in [6.45, 7) is 2.24. The molecule has 0 spiro atoms. The lowest BCUT2D eigenvalue weighted by Gasteiger charge is -2.31. The molecule has 0 saturated heterocycles. The fourth-order valence-corrected chi connectivity index (χ4v) is 2.09. The summed E-state index contributed by atoms with van der Waals surface area (Å²) in [6, 6.07) is 0.0350. The molecule has 5 heteroatoms. The third kappa shape index (κ3) is 3.40. The van der Waals surface area contributed by atoms with Crippen molar-refractivity contribution in [2.24, 2.45) is 5.92 Å². The van der Waals surface area contributed by atoms with E-state index in [9.17, 15) is 4.79 Å². The van der Waals surface area contributed by atoms with Crippen LogP contribution in [0.4, 0.5) is 0 Å². The zero-order chi connectivity index (χ0) is 12.0. The first-order chi connectivity index (χ1) is 7.69. The van der Waals surface area contributed by atoms with Crippen LogP contribution in [0.2, 0.25) is 0 Å². The summed E-state index contributed by atoms with van der Waals surface area (Å²) in [4.78, 5) is 11.7. The monoisotopic (exact) mass is 227 g/mol. The lowest BCUT2D eigenvalue weighted by atomic mass is 9.84. The van der Waals surface area contributed by atoms with Crippen molar-refractivity contribution in [3.8, 4) is 0 Å². The molecule has 1 saturated carbocycles. The van der Waals surface area contributed by atoms with Gasteiger partial charge in [-0.15, -0.1) is 0 Å². The third-order valence-electron chi connectivity index (χ3n) is 2.94. The van der Waals surface area contributed by atoms with Crippen LogP contribution >= 0.6 is 0 Å². The Hall–Kier alpha value is -1.26. The van der Waals surface area contributed by atoms with Crippen molar-refractivity contribution in [2.75, 3.05) is 13.7 Å². The van der Waals surface area contributed by atoms with Crippen LogP contribution < -0.4 is 10.6 Å². The Morgan fingerprint density at radius 1 is 1.44 bits per heavy atom. The Morgan fingerprint density at radius 3 is 2.75 bits per heavy atom. The second kappa shape index (κ2) is 6.35. The molecule has 0 bridgehead atoms. The van der Waals surface area contributed by atoms with Gasteiger partial charge < -0.3 is 15.4 Å². The highest BCUT2D eigenvalue weighted by Crippen LogP contribution is 2.25. The van der Waals surface area contributed by atoms with E-state index in [-0.39, 0.29) is 23.9 Å². The van der Waals surface area contributed by atoms with Gasteiger partial charge in [0.2, 0.25) is 0 Å². The molecule has 5 nitrogen and oxygen atoms in total. The van der Waals surface area contributed by atoms with E-state index in [2.05, 4.69) is 10.6 Å². The zero-order valence-corrected chi connectivity index (χ0v) is 10.0. The van der Waals surface area contributed by atoms with E-state index in [0.29, 0.717) is 6.61 Å². The largest absolute Gasteiger partial charge is 0.466 e. The van der Waals surface area contributed by atoms with E-state index in [0.717, 1.165) is 25.7 Å². The Kier molecular flexibility index (Phi) is 5.08. The Labute approximate surface area is 96.4 Å². The number of carbonyl (C=O) groups excluding carboxylic acids is 1. The maximum absolute atomic E-state index is 11.7. The highest BCUT2D eigenvalue weighted by Gasteiger charge is 2.32. The van der Waals surface area contributed by atoms with Gasteiger partial charge in [0.15, 0.2) is 5.96 Å². The number of nitrogens with one attached hydrogen (secondary N) is 3. The summed E-state index contributed by atoms with van der Waals surface area (Å²) in [5, 5.41) is 13.3. The molecule has 16 heavy (non-hydrogen) atoms. The quantitative estimate of drug-likeness (QED) is 0.380. The molecule has 0 amide bonds.